The van der Waals surface area contributed by atoms with Gasteiger partial charge < -0.3 is 14.5 Å². The van der Waals surface area contributed by atoms with Crippen molar-refractivity contribution in [3.63, 3.8) is 0 Å². The van der Waals surface area contributed by atoms with Gasteiger partial charge >= 0.3 is 0 Å². The summed E-state index contributed by atoms with van der Waals surface area (Å²) in [7, 11) is 2.12. The van der Waals surface area contributed by atoms with Gasteiger partial charge in [-0.1, -0.05) is 84.9 Å². The van der Waals surface area contributed by atoms with Gasteiger partial charge in [-0.05, 0) is 54.4 Å². The number of nitrogens with zero attached hydrogens (tertiary/aromatic N) is 4. The molecule has 2 heterocycles. The highest BCUT2D eigenvalue weighted by Crippen LogP contribution is 2.41. The number of para-hydroxylation sites is 2. The van der Waals surface area contributed by atoms with Gasteiger partial charge in [-0.15, -0.1) is 0 Å². The molecule has 0 aliphatic carbocycles. The maximum Gasteiger partial charge on any atom is 0.129 e. The summed E-state index contributed by atoms with van der Waals surface area (Å²) in [5.41, 5.74) is 7.68. The second-order valence-electron chi connectivity index (χ2n) is 10.9. The number of hydrogen-bond acceptors (Lipinski definition) is 4. The second-order valence-corrected chi connectivity index (χ2v) is 10.9. The van der Waals surface area contributed by atoms with E-state index in [0.717, 1.165) is 35.1 Å². The number of ether oxygens (including phenoxy) is 1. The van der Waals surface area contributed by atoms with Crippen LogP contribution < -0.4 is 14.5 Å². The van der Waals surface area contributed by atoms with Crippen LogP contribution >= 0.6 is 0 Å². The van der Waals surface area contributed by atoms with Gasteiger partial charge in [-0.3, -0.25) is 0 Å². The van der Waals surface area contributed by atoms with Crippen LogP contribution in [-0.2, 0) is 5.41 Å². The number of rotatable bonds is 7. The topological polar surface area (TPSA) is 33.5 Å². The predicted molar refractivity (Wildman–Crippen MR) is 170 cm³/mol. The molecule has 0 saturated heterocycles. The minimum atomic E-state index is -0.350. The Bertz CT molecular complexity index is 1790. The molecule has 6 aromatic rings. The van der Waals surface area contributed by atoms with E-state index in [4.69, 9.17) is 9.84 Å². The Morgan fingerprint density at radius 3 is 1.86 bits per heavy atom. The molecule has 0 spiro atoms. The first-order valence-electron chi connectivity index (χ1n) is 14.2. The zero-order valence-corrected chi connectivity index (χ0v) is 23.8. The fraction of sp³-hybridized carbons (Fsp3) is 0.108. The van der Waals surface area contributed by atoms with Gasteiger partial charge in [0.25, 0.3) is 0 Å². The van der Waals surface area contributed by atoms with Crippen molar-refractivity contribution in [1.82, 2.24) is 9.78 Å². The van der Waals surface area contributed by atoms with Crippen LogP contribution in [-0.4, -0.2) is 23.5 Å². The normalized spacial score (nSPS) is 12.8. The van der Waals surface area contributed by atoms with Gasteiger partial charge in [0.2, 0.25) is 0 Å². The first-order chi connectivity index (χ1) is 20.6. The monoisotopic (exact) mass is 548 g/mol. The molecule has 0 fully saturated rings. The summed E-state index contributed by atoms with van der Waals surface area (Å²) in [6.45, 7) is 3.06. The highest BCUT2D eigenvalue weighted by atomic mass is 16.5. The number of aromatic nitrogens is 2. The van der Waals surface area contributed by atoms with Crippen LogP contribution in [0.1, 0.15) is 23.6 Å². The largest absolute Gasteiger partial charge is 0.457 e. The molecule has 1 aliphatic rings. The Morgan fingerprint density at radius 2 is 1.19 bits per heavy atom. The van der Waals surface area contributed by atoms with Crippen LogP contribution in [0.4, 0.5) is 17.1 Å². The highest BCUT2D eigenvalue weighted by Gasteiger charge is 2.32. The fourth-order valence-corrected chi connectivity index (χ4v) is 5.91. The summed E-state index contributed by atoms with van der Waals surface area (Å²) < 4.78 is 8.32. The smallest absolute Gasteiger partial charge is 0.129 e. The van der Waals surface area contributed by atoms with Crippen molar-refractivity contribution in [2.75, 3.05) is 23.5 Å². The third-order valence-electron chi connectivity index (χ3n) is 8.25. The molecule has 0 amide bonds. The maximum absolute atomic E-state index is 6.39. The quantitative estimate of drug-likeness (QED) is 0.200. The van der Waals surface area contributed by atoms with Gasteiger partial charge in [0.05, 0.1) is 29.9 Å². The van der Waals surface area contributed by atoms with E-state index in [1.165, 1.54) is 22.5 Å². The first-order valence-corrected chi connectivity index (χ1v) is 14.2. The molecule has 1 aromatic heterocycles. The lowest BCUT2D eigenvalue weighted by atomic mass is 9.72. The third kappa shape index (κ3) is 4.59. The van der Waals surface area contributed by atoms with Crippen molar-refractivity contribution >= 4 is 17.1 Å². The fourth-order valence-electron chi connectivity index (χ4n) is 5.91. The van der Waals surface area contributed by atoms with E-state index in [0.29, 0.717) is 0 Å². The van der Waals surface area contributed by atoms with Crippen LogP contribution in [0.5, 0.6) is 11.5 Å². The number of anilines is 3. The maximum atomic E-state index is 6.39. The standard InChI is InChI=1S/C37H32N4O/c1-37(28-13-5-3-6-14-28,29-15-7-4-8-16-29)30-25-38-41(26-30)32-18-12-20-34(24-32)42-33-19-11-17-31(23-33)40-27-39(2)35-21-9-10-22-36(35)40/h3-26H,27H2,1-2H3. The zero-order valence-electron chi connectivity index (χ0n) is 23.8. The molecule has 7 rings (SSSR count). The summed E-state index contributed by atoms with van der Waals surface area (Å²) in [6, 6.07) is 46.1. The molecule has 5 nitrogen and oxygen atoms in total. The van der Waals surface area contributed by atoms with Crippen LogP contribution in [0, 0.1) is 0 Å². The molecule has 0 atom stereocenters. The minimum absolute atomic E-state index is 0.350. The van der Waals surface area contributed by atoms with Gasteiger partial charge in [0, 0.05) is 42.0 Å². The molecule has 42 heavy (non-hydrogen) atoms. The second kappa shape index (κ2) is 10.6. The lowest BCUT2D eigenvalue weighted by Crippen LogP contribution is -2.24. The van der Waals surface area contributed by atoms with Crippen LogP contribution in [0.15, 0.2) is 146 Å². The number of fused-ring (bicyclic) bond motifs is 1. The Kier molecular flexibility index (Phi) is 6.48. The minimum Gasteiger partial charge on any atom is -0.457 e. The predicted octanol–water partition coefficient (Wildman–Crippen LogP) is 8.56. The lowest BCUT2D eigenvalue weighted by molar-refractivity contribution is 0.482. The van der Waals surface area contributed by atoms with Crippen molar-refractivity contribution in [2.45, 2.75) is 12.3 Å². The van der Waals surface area contributed by atoms with Crippen LogP contribution in [0.2, 0.25) is 0 Å². The third-order valence-corrected chi connectivity index (χ3v) is 8.25. The van der Waals surface area contributed by atoms with Crippen molar-refractivity contribution in [2.24, 2.45) is 0 Å². The first kappa shape index (κ1) is 25.7. The summed E-state index contributed by atoms with van der Waals surface area (Å²) >= 11 is 0. The average Bonchev–Trinajstić information content (AvgIpc) is 3.68. The van der Waals surface area contributed by atoms with Crippen molar-refractivity contribution in [3.05, 3.63) is 163 Å². The summed E-state index contributed by atoms with van der Waals surface area (Å²) in [6.07, 6.45) is 4.10. The Hall–Kier alpha value is -5.29. The van der Waals surface area contributed by atoms with Gasteiger partial charge in [0.15, 0.2) is 0 Å². The average molecular weight is 549 g/mol. The molecule has 5 aromatic carbocycles. The SMILES string of the molecule is CN1CN(c2cccc(Oc3cccc(-n4cc(C(C)(c5ccccc5)c5ccccc5)cn4)c3)c2)c2ccccc21. The molecule has 5 heteroatoms. The van der Waals surface area contributed by atoms with Gasteiger partial charge in [-0.25, -0.2) is 4.68 Å². The van der Waals surface area contributed by atoms with E-state index >= 15 is 0 Å². The summed E-state index contributed by atoms with van der Waals surface area (Å²) in [5.74, 6) is 1.55. The molecule has 0 N–H and O–H groups in total. The Balaban J connectivity index is 1.17. The molecular weight excluding hydrogens is 516 g/mol. The number of benzene rings is 5. The van der Waals surface area contributed by atoms with Gasteiger partial charge in [0.1, 0.15) is 11.5 Å². The highest BCUT2D eigenvalue weighted by molar-refractivity contribution is 5.82. The lowest BCUT2D eigenvalue weighted by Gasteiger charge is -2.30. The van der Waals surface area contributed by atoms with Crippen LogP contribution in [0.25, 0.3) is 5.69 Å². The van der Waals surface area contributed by atoms with E-state index in [1.54, 1.807) is 0 Å². The van der Waals surface area contributed by atoms with Crippen molar-refractivity contribution < 1.29 is 4.74 Å². The number of hydrogen-bond donors (Lipinski definition) is 0. The molecule has 0 saturated carbocycles. The molecular formula is C37H32N4O. The van der Waals surface area contributed by atoms with Crippen molar-refractivity contribution in [3.8, 4) is 17.2 Å². The Labute approximate surface area is 246 Å². The summed E-state index contributed by atoms with van der Waals surface area (Å²) in [4.78, 5) is 4.56. The van der Waals surface area contributed by atoms with Crippen molar-refractivity contribution in [1.29, 1.82) is 0 Å². The molecule has 1 aliphatic heterocycles. The molecule has 206 valence electrons. The summed E-state index contributed by atoms with van der Waals surface area (Å²) in [5, 5.41) is 4.80. The van der Waals surface area contributed by atoms with Crippen LogP contribution in [0.3, 0.4) is 0 Å². The van der Waals surface area contributed by atoms with E-state index in [9.17, 15) is 0 Å². The zero-order chi connectivity index (χ0) is 28.5. The van der Waals surface area contributed by atoms with Gasteiger partial charge in [-0.2, -0.15) is 5.10 Å². The molecule has 0 radical (unpaired) electrons. The Morgan fingerprint density at radius 1 is 0.619 bits per heavy atom. The van der Waals surface area contributed by atoms with E-state index < -0.39 is 0 Å². The van der Waals surface area contributed by atoms with E-state index in [-0.39, 0.29) is 5.41 Å². The van der Waals surface area contributed by atoms with E-state index in [2.05, 4.69) is 133 Å². The van der Waals surface area contributed by atoms with E-state index in [1.807, 2.05) is 41.2 Å². The molecule has 0 unspecified atom stereocenters. The molecule has 0 bridgehead atoms.